The zero-order valence-electron chi connectivity index (χ0n) is 14.6. The molecule has 4 heterocycles. The SMILES string of the molecule is Cc1ccc(CC(=O)N2CCC[C@H](c3ccc4cnn(C)c4n3)C2)s1. The van der Waals surface area contributed by atoms with Crippen LogP contribution in [0.5, 0.6) is 0 Å². The van der Waals surface area contributed by atoms with Crippen molar-refractivity contribution in [2.24, 2.45) is 7.05 Å². The topological polar surface area (TPSA) is 51.0 Å². The fraction of sp³-hybridized carbons (Fsp3) is 0.421. The maximum atomic E-state index is 12.7. The van der Waals surface area contributed by atoms with Crippen LogP contribution in [0, 0.1) is 6.92 Å². The highest BCUT2D eigenvalue weighted by Gasteiger charge is 2.26. The number of likely N-dealkylation sites (tertiary alicyclic amines) is 1. The number of piperidine rings is 1. The van der Waals surface area contributed by atoms with Crippen molar-refractivity contribution in [3.05, 3.63) is 45.9 Å². The van der Waals surface area contributed by atoms with Gasteiger partial charge in [0.15, 0.2) is 5.65 Å². The Kier molecular flexibility index (Phi) is 4.29. The Labute approximate surface area is 151 Å². The number of thiophene rings is 1. The van der Waals surface area contributed by atoms with Crippen LogP contribution in [0.3, 0.4) is 0 Å². The van der Waals surface area contributed by atoms with Crippen molar-refractivity contribution in [2.75, 3.05) is 13.1 Å². The van der Waals surface area contributed by atoms with E-state index in [-0.39, 0.29) is 5.91 Å². The highest BCUT2D eigenvalue weighted by Crippen LogP contribution is 2.28. The molecule has 3 aromatic rings. The summed E-state index contributed by atoms with van der Waals surface area (Å²) >= 11 is 1.71. The lowest BCUT2D eigenvalue weighted by Crippen LogP contribution is -2.40. The van der Waals surface area contributed by atoms with E-state index >= 15 is 0 Å². The van der Waals surface area contributed by atoms with Crippen molar-refractivity contribution < 1.29 is 4.79 Å². The highest BCUT2D eigenvalue weighted by atomic mass is 32.1. The van der Waals surface area contributed by atoms with E-state index in [1.54, 1.807) is 11.3 Å². The second kappa shape index (κ2) is 6.59. The average Bonchev–Trinajstić information content (AvgIpc) is 3.20. The van der Waals surface area contributed by atoms with Gasteiger partial charge in [0, 0.05) is 46.9 Å². The molecule has 0 aliphatic carbocycles. The van der Waals surface area contributed by atoms with E-state index < -0.39 is 0 Å². The highest BCUT2D eigenvalue weighted by molar-refractivity contribution is 7.12. The number of carbonyl (C=O) groups is 1. The van der Waals surface area contributed by atoms with Gasteiger partial charge in [-0.15, -0.1) is 11.3 Å². The third kappa shape index (κ3) is 3.31. The zero-order chi connectivity index (χ0) is 17.4. The molecule has 0 unspecified atom stereocenters. The lowest BCUT2D eigenvalue weighted by molar-refractivity contribution is -0.131. The van der Waals surface area contributed by atoms with Gasteiger partial charge in [-0.1, -0.05) is 0 Å². The lowest BCUT2D eigenvalue weighted by atomic mass is 9.94. The normalized spacial score (nSPS) is 18.0. The number of pyridine rings is 1. The average molecular weight is 354 g/mol. The summed E-state index contributed by atoms with van der Waals surface area (Å²) in [6.07, 6.45) is 4.47. The molecule has 130 valence electrons. The summed E-state index contributed by atoms with van der Waals surface area (Å²) in [6, 6.07) is 8.32. The number of nitrogens with zero attached hydrogens (tertiary/aromatic N) is 4. The van der Waals surface area contributed by atoms with Crippen LogP contribution in [0.15, 0.2) is 30.5 Å². The predicted octanol–water partition coefficient (Wildman–Crippen LogP) is 3.29. The Morgan fingerprint density at radius 3 is 3.00 bits per heavy atom. The molecule has 5 nitrogen and oxygen atoms in total. The molecule has 1 saturated heterocycles. The van der Waals surface area contributed by atoms with Gasteiger partial charge in [-0.2, -0.15) is 5.10 Å². The van der Waals surface area contributed by atoms with Crippen LogP contribution in [0.4, 0.5) is 0 Å². The van der Waals surface area contributed by atoms with Crippen LogP contribution in [0.1, 0.15) is 34.2 Å². The molecule has 3 aromatic heterocycles. The van der Waals surface area contributed by atoms with Crippen molar-refractivity contribution in [1.29, 1.82) is 0 Å². The first-order valence-corrected chi connectivity index (χ1v) is 9.53. The van der Waals surface area contributed by atoms with Gasteiger partial charge in [0.2, 0.25) is 5.91 Å². The van der Waals surface area contributed by atoms with Crippen LogP contribution < -0.4 is 0 Å². The first kappa shape index (κ1) is 16.3. The minimum absolute atomic E-state index is 0.230. The molecular formula is C19H22N4OS. The summed E-state index contributed by atoms with van der Waals surface area (Å²) in [5.74, 6) is 0.537. The van der Waals surface area contributed by atoms with Gasteiger partial charge in [-0.25, -0.2) is 4.98 Å². The van der Waals surface area contributed by atoms with Crippen molar-refractivity contribution in [2.45, 2.75) is 32.1 Å². The van der Waals surface area contributed by atoms with Crippen molar-refractivity contribution in [3.63, 3.8) is 0 Å². The molecule has 1 aliphatic rings. The molecule has 0 spiro atoms. The van der Waals surface area contributed by atoms with E-state index in [2.05, 4.69) is 36.3 Å². The lowest BCUT2D eigenvalue weighted by Gasteiger charge is -2.32. The van der Waals surface area contributed by atoms with E-state index in [1.165, 1.54) is 4.88 Å². The number of hydrogen-bond acceptors (Lipinski definition) is 4. The monoisotopic (exact) mass is 354 g/mol. The molecule has 0 saturated carbocycles. The molecule has 1 aliphatic heterocycles. The van der Waals surface area contributed by atoms with Gasteiger partial charge in [0.05, 0.1) is 12.6 Å². The van der Waals surface area contributed by atoms with E-state index in [0.29, 0.717) is 12.3 Å². The van der Waals surface area contributed by atoms with Gasteiger partial charge in [-0.3, -0.25) is 9.48 Å². The molecule has 1 atom stereocenters. The van der Waals surface area contributed by atoms with Gasteiger partial charge >= 0.3 is 0 Å². The Morgan fingerprint density at radius 1 is 1.32 bits per heavy atom. The third-order valence-electron chi connectivity index (χ3n) is 4.92. The third-order valence-corrected chi connectivity index (χ3v) is 5.92. The molecule has 25 heavy (non-hydrogen) atoms. The predicted molar refractivity (Wildman–Crippen MR) is 99.8 cm³/mol. The number of amides is 1. The smallest absolute Gasteiger partial charge is 0.227 e. The molecule has 0 aromatic carbocycles. The summed E-state index contributed by atoms with van der Waals surface area (Å²) in [4.78, 5) is 21.9. The maximum absolute atomic E-state index is 12.7. The second-order valence-corrected chi connectivity index (χ2v) is 8.16. The largest absolute Gasteiger partial charge is 0.342 e. The van der Waals surface area contributed by atoms with E-state index in [4.69, 9.17) is 4.98 Å². The van der Waals surface area contributed by atoms with Crippen molar-refractivity contribution in [3.8, 4) is 0 Å². The number of carbonyl (C=O) groups excluding carboxylic acids is 1. The molecule has 1 fully saturated rings. The maximum Gasteiger partial charge on any atom is 0.227 e. The zero-order valence-corrected chi connectivity index (χ0v) is 15.4. The summed E-state index contributed by atoms with van der Waals surface area (Å²) in [5.41, 5.74) is 1.98. The minimum Gasteiger partial charge on any atom is -0.342 e. The number of fused-ring (bicyclic) bond motifs is 1. The van der Waals surface area contributed by atoms with E-state index in [9.17, 15) is 4.79 Å². The van der Waals surface area contributed by atoms with Crippen LogP contribution in [-0.4, -0.2) is 38.7 Å². The summed E-state index contributed by atoms with van der Waals surface area (Å²) in [7, 11) is 1.92. The molecule has 0 bridgehead atoms. The van der Waals surface area contributed by atoms with Crippen LogP contribution in [0.2, 0.25) is 0 Å². The number of hydrogen-bond donors (Lipinski definition) is 0. The van der Waals surface area contributed by atoms with Gasteiger partial charge in [0.1, 0.15) is 0 Å². The van der Waals surface area contributed by atoms with Gasteiger partial charge in [0.25, 0.3) is 0 Å². The number of rotatable bonds is 3. The van der Waals surface area contributed by atoms with Crippen molar-refractivity contribution in [1.82, 2.24) is 19.7 Å². The minimum atomic E-state index is 0.230. The Hall–Kier alpha value is -2.21. The van der Waals surface area contributed by atoms with Crippen LogP contribution in [0.25, 0.3) is 11.0 Å². The molecule has 0 radical (unpaired) electrons. The summed E-state index contributed by atoms with van der Waals surface area (Å²) in [6.45, 7) is 3.70. The van der Waals surface area contributed by atoms with Crippen molar-refractivity contribution >= 4 is 28.3 Å². The second-order valence-electron chi connectivity index (χ2n) is 6.79. The summed E-state index contributed by atoms with van der Waals surface area (Å²) < 4.78 is 1.81. The fourth-order valence-corrected chi connectivity index (χ4v) is 4.43. The van der Waals surface area contributed by atoms with E-state index in [1.807, 2.05) is 22.8 Å². The Balaban J connectivity index is 1.49. The first-order valence-electron chi connectivity index (χ1n) is 8.72. The molecule has 1 amide bonds. The van der Waals surface area contributed by atoms with Gasteiger partial charge in [-0.05, 0) is 44.0 Å². The summed E-state index contributed by atoms with van der Waals surface area (Å²) in [5, 5.41) is 5.32. The first-order chi connectivity index (χ1) is 12.1. The molecule has 0 N–H and O–H groups in total. The standard InChI is InChI=1S/C19H22N4OS/c1-13-5-7-16(25-13)10-18(24)23-9-3-4-15(12-23)17-8-6-14-11-20-22(2)19(14)21-17/h5-8,11,15H,3-4,9-10,12H2,1-2H3/t15-/m0/s1. The number of aryl methyl sites for hydroxylation is 2. The van der Waals surface area contributed by atoms with Crippen LogP contribution in [-0.2, 0) is 18.3 Å². The fourth-order valence-electron chi connectivity index (χ4n) is 3.55. The molecule has 4 rings (SSSR count). The van der Waals surface area contributed by atoms with E-state index in [0.717, 1.165) is 47.5 Å². The Bertz CT molecular complexity index is 913. The Morgan fingerprint density at radius 2 is 2.20 bits per heavy atom. The quantitative estimate of drug-likeness (QED) is 0.725. The van der Waals surface area contributed by atoms with Gasteiger partial charge < -0.3 is 4.90 Å². The molecular weight excluding hydrogens is 332 g/mol. The molecule has 6 heteroatoms. The number of aromatic nitrogens is 3. The van der Waals surface area contributed by atoms with Crippen LogP contribution >= 0.6 is 11.3 Å².